The summed E-state index contributed by atoms with van der Waals surface area (Å²) in [5.41, 5.74) is 2.47. The van der Waals surface area contributed by atoms with Crippen molar-refractivity contribution in [1.29, 1.82) is 0 Å². The third-order valence-electron chi connectivity index (χ3n) is 3.18. The second-order valence-electron chi connectivity index (χ2n) is 4.57. The zero-order valence-electron chi connectivity index (χ0n) is 10.3. The number of nitrogens with zero attached hydrogens (tertiary/aromatic N) is 1. The largest absolute Gasteiger partial charge is 0.497 e. The summed E-state index contributed by atoms with van der Waals surface area (Å²) in [6.45, 7) is 4.43. The second-order valence-corrected chi connectivity index (χ2v) is 4.57. The third-order valence-corrected chi connectivity index (χ3v) is 3.18. The first-order valence-electron chi connectivity index (χ1n) is 5.79. The van der Waals surface area contributed by atoms with Crippen molar-refractivity contribution in [3.8, 4) is 5.75 Å². The van der Waals surface area contributed by atoms with Gasteiger partial charge >= 0.3 is 0 Å². The van der Waals surface area contributed by atoms with Crippen LogP contribution in [0.1, 0.15) is 12.0 Å². The Morgan fingerprint density at radius 1 is 1.44 bits per heavy atom. The number of hydrogen-bond donors (Lipinski definition) is 1. The van der Waals surface area contributed by atoms with Gasteiger partial charge in [0.25, 0.3) is 0 Å². The molecular formula is C13H20N2O. The smallest absolute Gasteiger partial charge is 0.119 e. The lowest BCUT2D eigenvalue weighted by molar-refractivity contribution is 0.413. The number of methoxy groups -OCH3 is 1. The molecule has 2 rings (SSSR count). The maximum Gasteiger partial charge on any atom is 0.119 e. The number of aryl methyl sites for hydroxylation is 1. The average Bonchev–Trinajstić information content (AvgIpc) is 2.67. The predicted molar refractivity (Wildman–Crippen MR) is 67.3 cm³/mol. The Labute approximate surface area is 97.4 Å². The van der Waals surface area contributed by atoms with E-state index in [0.717, 1.165) is 12.3 Å². The summed E-state index contributed by atoms with van der Waals surface area (Å²) < 4.78 is 5.20. The van der Waals surface area contributed by atoms with Crippen molar-refractivity contribution in [3.63, 3.8) is 0 Å². The van der Waals surface area contributed by atoms with Gasteiger partial charge in [-0.25, -0.2) is 0 Å². The molecule has 1 saturated heterocycles. The Hall–Kier alpha value is -1.22. The first-order chi connectivity index (χ1) is 7.69. The summed E-state index contributed by atoms with van der Waals surface area (Å²) in [7, 11) is 3.87. The second kappa shape index (κ2) is 4.74. The van der Waals surface area contributed by atoms with E-state index in [9.17, 15) is 0 Å². The summed E-state index contributed by atoms with van der Waals surface area (Å²) in [6.07, 6.45) is 1.22. The summed E-state index contributed by atoms with van der Waals surface area (Å²) in [5, 5.41) is 3.59. The maximum atomic E-state index is 5.20. The van der Waals surface area contributed by atoms with Crippen molar-refractivity contribution in [2.45, 2.75) is 19.4 Å². The van der Waals surface area contributed by atoms with Crippen LogP contribution in [0, 0.1) is 6.92 Å². The molecule has 0 saturated carbocycles. The SMILES string of the molecule is COc1ccc(NC2CCN(C)C2)c(C)c1. The normalized spacial score (nSPS) is 21.1. The van der Waals surface area contributed by atoms with Crippen LogP contribution < -0.4 is 10.1 Å². The van der Waals surface area contributed by atoms with Crippen LogP contribution in [0.15, 0.2) is 18.2 Å². The molecule has 88 valence electrons. The molecule has 3 nitrogen and oxygen atoms in total. The van der Waals surface area contributed by atoms with Crippen molar-refractivity contribution in [2.75, 3.05) is 32.6 Å². The first kappa shape index (κ1) is 11.3. The molecule has 0 aromatic heterocycles. The van der Waals surface area contributed by atoms with Crippen LogP contribution in [0.25, 0.3) is 0 Å². The molecule has 1 atom stereocenters. The van der Waals surface area contributed by atoms with Gasteiger partial charge < -0.3 is 15.0 Å². The van der Waals surface area contributed by atoms with Crippen LogP contribution in [0.5, 0.6) is 5.75 Å². The fourth-order valence-electron chi connectivity index (χ4n) is 2.20. The lowest BCUT2D eigenvalue weighted by Crippen LogP contribution is -2.23. The number of ether oxygens (including phenoxy) is 1. The molecule has 1 aromatic carbocycles. The molecule has 1 heterocycles. The molecule has 1 aliphatic heterocycles. The maximum absolute atomic E-state index is 5.20. The van der Waals surface area contributed by atoms with Crippen LogP contribution in [0.2, 0.25) is 0 Å². The van der Waals surface area contributed by atoms with Crippen molar-refractivity contribution in [3.05, 3.63) is 23.8 Å². The number of likely N-dealkylation sites (N-methyl/N-ethyl adjacent to an activating group) is 1. The van der Waals surface area contributed by atoms with E-state index in [1.807, 2.05) is 6.07 Å². The number of nitrogens with one attached hydrogen (secondary N) is 1. The summed E-state index contributed by atoms with van der Waals surface area (Å²) in [4.78, 5) is 2.36. The fourth-order valence-corrected chi connectivity index (χ4v) is 2.20. The standard InChI is InChI=1S/C13H20N2O/c1-10-8-12(16-3)4-5-13(10)14-11-6-7-15(2)9-11/h4-5,8,11,14H,6-7,9H2,1-3H3. The molecule has 1 aromatic rings. The van der Waals surface area contributed by atoms with E-state index in [0.29, 0.717) is 6.04 Å². The number of anilines is 1. The van der Waals surface area contributed by atoms with Gasteiger partial charge in [-0.1, -0.05) is 0 Å². The monoisotopic (exact) mass is 220 g/mol. The van der Waals surface area contributed by atoms with E-state index in [1.54, 1.807) is 7.11 Å². The molecule has 16 heavy (non-hydrogen) atoms. The Bertz CT molecular complexity index is 365. The van der Waals surface area contributed by atoms with Gasteiger partial charge in [0.2, 0.25) is 0 Å². The number of benzene rings is 1. The minimum Gasteiger partial charge on any atom is -0.497 e. The molecule has 0 bridgehead atoms. The van der Waals surface area contributed by atoms with E-state index in [4.69, 9.17) is 4.74 Å². The van der Waals surface area contributed by atoms with Crippen LogP contribution >= 0.6 is 0 Å². The quantitative estimate of drug-likeness (QED) is 0.844. The highest BCUT2D eigenvalue weighted by molar-refractivity contribution is 5.54. The average molecular weight is 220 g/mol. The minimum absolute atomic E-state index is 0.581. The Kier molecular flexibility index (Phi) is 3.34. The molecule has 1 N–H and O–H groups in total. The highest BCUT2D eigenvalue weighted by atomic mass is 16.5. The fraction of sp³-hybridized carbons (Fsp3) is 0.538. The van der Waals surface area contributed by atoms with E-state index in [1.165, 1.54) is 24.2 Å². The third kappa shape index (κ3) is 2.47. The van der Waals surface area contributed by atoms with Gasteiger partial charge in [-0.3, -0.25) is 0 Å². The predicted octanol–water partition coefficient (Wildman–Crippen LogP) is 2.12. The van der Waals surface area contributed by atoms with Gasteiger partial charge in [-0.2, -0.15) is 0 Å². The molecule has 3 heteroatoms. The highest BCUT2D eigenvalue weighted by Crippen LogP contribution is 2.23. The number of likely N-dealkylation sites (tertiary alicyclic amines) is 1. The van der Waals surface area contributed by atoms with Crippen molar-refractivity contribution >= 4 is 5.69 Å². The topological polar surface area (TPSA) is 24.5 Å². The van der Waals surface area contributed by atoms with Gasteiger partial charge in [0.1, 0.15) is 5.75 Å². The van der Waals surface area contributed by atoms with Gasteiger partial charge in [-0.15, -0.1) is 0 Å². The lowest BCUT2D eigenvalue weighted by Gasteiger charge is -2.16. The lowest BCUT2D eigenvalue weighted by atomic mass is 10.1. The van der Waals surface area contributed by atoms with Crippen LogP contribution in [0.4, 0.5) is 5.69 Å². The number of rotatable bonds is 3. The molecule has 1 fully saturated rings. The molecule has 0 radical (unpaired) electrons. The van der Waals surface area contributed by atoms with Gasteiger partial charge in [-0.05, 0) is 50.7 Å². The van der Waals surface area contributed by atoms with Crippen molar-refractivity contribution < 1.29 is 4.74 Å². The van der Waals surface area contributed by atoms with E-state index < -0.39 is 0 Å². The van der Waals surface area contributed by atoms with Gasteiger partial charge in [0.05, 0.1) is 7.11 Å². The Balaban J connectivity index is 2.04. The van der Waals surface area contributed by atoms with Crippen molar-refractivity contribution in [1.82, 2.24) is 4.90 Å². The highest BCUT2D eigenvalue weighted by Gasteiger charge is 2.19. The van der Waals surface area contributed by atoms with Crippen LogP contribution in [-0.4, -0.2) is 38.2 Å². The number of hydrogen-bond acceptors (Lipinski definition) is 3. The zero-order chi connectivity index (χ0) is 11.5. The molecule has 0 spiro atoms. The molecular weight excluding hydrogens is 200 g/mol. The summed E-state index contributed by atoms with van der Waals surface area (Å²) in [5.74, 6) is 0.923. The van der Waals surface area contributed by atoms with Gasteiger partial charge in [0.15, 0.2) is 0 Å². The van der Waals surface area contributed by atoms with Gasteiger partial charge in [0, 0.05) is 18.3 Å². The van der Waals surface area contributed by atoms with E-state index in [2.05, 4.69) is 36.3 Å². The minimum atomic E-state index is 0.581. The molecule has 1 aliphatic rings. The van der Waals surface area contributed by atoms with Crippen LogP contribution in [-0.2, 0) is 0 Å². The van der Waals surface area contributed by atoms with E-state index in [-0.39, 0.29) is 0 Å². The summed E-state index contributed by atoms with van der Waals surface area (Å²) >= 11 is 0. The summed E-state index contributed by atoms with van der Waals surface area (Å²) in [6, 6.07) is 6.76. The zero-order valence-corrected chi connectivity index (χ0v) is 10.3. The van der Waals surface area contributed by atoms with E-state index >= 15 is 0 Å². The van der Waals surface area contributed by atoms with Crippen molar-refractivity contribution in [2.24, 2.45) is 0 Å². The first-order valence-corrected chi connectivity index (χ1v) is 5.79. The molecule has 0 aliphatic carbocycles. The molecule has 0 amide bonds. The Morgan fingerprint density at radius 2 is 2.25 bits per heavy atom. The molecule has 1 unspecified atom stereocenters. The Morgan fingerprint density at radius 3 is 2.81 bits per heavy atom. The van der Waals surface area contributed by atoms with Crippen LogP contribution in [0.3, 0.4) is 0 Å².